The zero-order valence-corrected chi connectivity index (χ0v) is 11.2. The topological polar surface area (TPSA) is 41.6 Å². The maximum Gasteiger partial charge on any atom is 0.0836 e. The largest absolute Gasteiger partial charge is 0.276 e. The predicted octanol–water partition coefficient (Wildman–Crippen LogP) is 4.43. The van der Waals surface area contributed by atoms with Crippen LogP contribution in [-0.2, 0) is 0 Å². The van der Waals surface area contributed by atoms with Crippen molar-refractivity contribution < 1.29 is 0 Å². The van der Waals surface area contributed by atoms with Crippen molar-refractivity contribution in [1.82, 2.24) is 15.2 Å². The van der Waals surface area contributed by atoms with Gasteiger partial charge in [0.25, 0.3) is 0 Å². The Balaban J connectivity index is 2.06. The molecule has 0 atom stereocenters. The summed E-state index contributed by atoms with van der Waals surface area (Å²) < 4.78 is 0. The number of fused-ring (bicyclic) bond motifs is 2. The molecule has 0 saturated carbocycles. The Morgan fingerprint density at radius 2 is 1.85 bits per heavy atom. The first kappa shape index (κ1) is 11.4. The van der Waals surface area contributed by atoms with Crippen LogP contribution < -0.4 is 0 Å². The van der Waals surface area contributed by atoms with E-state index in [2.05, 4.69) is 33.4 Å². The van der Waals surface area contributed by atoms with E-state index >= 15 is 0 Å². The molecule has 4 heteroatoms. The van der Waals surface area contributed by atoms with Crippen LogP contribution in [0.1, 0.15) is 0 Å². The van der Waals surface area contributed by atoms with Gasteiger partial charge in [-0.25, -0.2) is 0 Å². The van der Waals surface area contributed by atoms with Gasteiger partial charge in [-0.1, -0.05) is 35.9 Å². The van der Waals surface area contributed by atoms with E-state index in [9.17, 15) is 0 Å². The lowest BCUT2D eigenvalue weighted by molar-refractivity contribution is 1.12. The number of nitrogens with zero attached hydrogens (tertiary/aromatic N) is 2. The van der Waals surface area contributed by atoms with E-state index < -0.39 is 0 Å². The van der Waals surface area contributed by atoms with Crippen LogP contribution in [0.25, 0.3) is 32.8 Å². The summed E-state index contributed by atoms with van der Waals surface area (Å²) in [5.41, 5.74) is 2.99. The molecule has 0 aliphatic rings. The van der Waals surface area contributed by atoms with Crippen molar-refractivity contribution in [3.63, 3.8) is 0 Å². The summed E-state index contributed by atoms with van der Waals surface area (Å²) in [5, 5.41) is 10.9. The third-order valence-electron chi connectivity index (χ3n) is 3.48. The van der Waals surface area contributed by atoms with Crippen LogP contribution in [0.3, 0.4) is 0 Å². The van der Waals surface area contributed by atoms with Gasteiger partial charge < -0.3 is 0 Å². The molecule has 0 bridgehead atoms. The quantitative estimate of drug-likeness (QED) is 0.560. The van der Waals surface area contributed by atoms with Crippen LogP contribution in [0.2, 0.25) is 5.02 Å². The van der Waals surface area contributed by atoms with E-state index in [0.29, 0.717) is 5.02 Å². The first-order chi connectivity index (χ1) is 9.83. The Hall–Kier alpha value is -2.39. The molecule has 2 aromatic carbocycles. The van der Waals surface area contributed by atoms with Crippen LogP contribution in [0, 0.1) is 0 Å². The monoisotopic (exact) mass is 279 g/mol. The molecule has 0 aliphatic carbocycles. The second kappa shape index (κ2) is 4.32. The SMILES string of the molecule is Clc1cc(-c2cncc3ccccc23)cc2cn[nH]c12. The molecule has 4 rings (SSSR count). The van der Waals surface area contributed by atoms with Gasteiger partial charge in [0.2, 0.25) is 0 Å². The van der Waals surface area contributed by atoms with Gasteiger partial charge in [-0.3, -0.25) is 10.1 Å². The lowest BCUT2D eigenvalue weighted by atomic mass is 10.00. The summed E-state index contributed by atoms with van der Waals surface area (Å²) in [6, 6.07) is 12.2. The van der Waals surface area contributed by atoms with E-state index in [0.717, 1.165) is 27.4 Å². The fraction of sp³-hybridized carbons (Fsp3) is 0. The summed E-state index contributed by atoms with van der Waals surface area (Å²) in [6.07, 6.45) is 5.53. The molecule has 0 amide bonds. The third-order valence-corrected chi connectivity index (χ3v) is 3.78. The third kappa shape index (κ3) is 1.67. The van der Waals surface area contributed by atoms with Crippen LogP contribution in [0.5, 0.6) is 0 Å². The fourth-order valence-electron chi connectivity index (χ4n) is 2.52. The molecule has 0 fully saturated rings. The molecule has 1 N–H and O–H groups in total. The van der Waals surface area contributed by atoms with Gasteiger partial charge in [0.15, 0.2) is 0 Å². The summed E-state index contributed by atoms with van der Waals surface area (Å²) in [5.74, 6) is 0. The number of benzene rings is 2. The molecule has 0 spiro atoms. The van der Waals surface area contributed by atoms with Crippen molar-refractivity contribution in [2.24, 2.45) is 0 Å². The average molecular weight is 280 g/mol. The van der Waals surface area contributed by atoms with Gasteiger partial charge in [-0.2, -0.15) is 5.10 Å². The van der Waals surface area contributed by atoms with Crippen molar-refractivity contribution in [3.8, 4) is 11.1 Å². The second-order valence-corrected chi connectivity index (χ2v) is 5.11. The van der Waals surface area contributed by atoms with Gasteiger partial charge in [-0.05, 0) is 23.1 Å². The summed E-state index contributed by atoms with van der Waals surface area (Å²) in [4.78, 5) is 4.32. The minimum absolute atomic E-state index is 0.669. The molecular weight excluding hydrogens is 270 g/mol. The van der Waals surface area contributed by atoms with E-state index in [-0.39, 0.29) is 0 Å². The first-order valence-corrected chi connectivity index (χ1v) is 6.66. The van der Waals surface area contributed by atoms with Crippen LogP contribution >= 0.6 is 11.6 Å². The molecule has 4 aromatic rings. The molecule has 20 heavy (non-hydrogen) atoms. The highest BCUT2D eigenvalue weighted by molar-refractivity contribution is 6.35. The molecule has 3 nitrogen and oxygen atoms in total. The number of aromatic amines is 1. The maximum absolute atomic E-state index is 6.31. The standard InChI is InChI=1S/C16H10ClN3/c17-15-6-11(5-12-8-19-20-16(12)15)14-9-18-7-10-3-1-2-4-13(10)14/h1-9H,(H,19,20). The van der Waals surface area contributed by atoms with Crippen molar-refractivity contribution in [3.05, 3.63) is 60.0 Å². The first-order valence-electron chi connectivity index (χ1n) is 6.29. The lowest BCUT2D eigenvalue weighted by Crippen LogP contribution is -1.84. The summed E-state index contributed by atoms with van der Waals surface area (Å²) in [6.45, 7) is 0. The number of halogens is 1. The molecular formula is C16H10ClN3. The van der Waals surface area contributed by atoms with Gasteiger partial charge in [-0.15, -0.1) is 0 Å². The van der Waals surface area contributed by atoms with Gasteiger partial charge in [0, 0.05) is 28.7 Å². The number of nitrogens with one attached hydrogen (secondary N) is 1. The molecule has 2 aromatic heterocycles. The van der Waals surface area contributed by atoms with Crippen LogP contribution in [-0.4, -0.2) is 15.2 Å². The van der Waals surface area contributed by atoms with Crippen molar-refractivity contribution in [2.75, 3.05) is 0 Å². The number of hydrogen-bond acceptors (Lipinski definition) is 2. The van der Waals surface area contributed by atoms with Crippen LogP contribution in [0.4, 0.5) is 0 Å². The van der Waals surface area contributed by atoms with E-state index in [1.54, 1.807) is 6.20 Å². The predicted molar refractivity (Wildman–Crippen MR) is 81.8 cm³/mol. The van der Waals surface area contributed by atoms with E-state index in [4.69, 9.17) is 11.6 Å². The van der Waals surface area contributed by atoms with Crippen LogP contribution in [0.15, 0.2) is 55.0 Å². The summed E-state index contributed by atoms with van der Waals surface area (Å²) in [7, 11) is 0. The molecule has 0 radical (unpaired) electrons. The highest BCUT2D eigenvalue weighted by Crippen LogP contribution is 2.32. The minimum Gasteiger partial charge on any atom is -0.276 e. The smallest absolute Gasteiger partial charge is 0.0836 e. The normalized spacial score (nSPS) is 11.2. The Labute approximate surface area is 120 Å². The summed E-state index contributed by atoms with van der Waals surface area (Å²) >= 11 is 6.31. The maximum atomic E-state index is 6.31. The van der Waals surface area contributed by atoms with Crippen molar-refractivity contribution in [1.29, 1.82) is 0 Å². The van der Waals surface area contributed by atoms with Gasteiger partial charge in [0.1, 0.15) is 0 Å². The van der Waals surface area contributed by atoms with Crippen molar-refractivity contribution >= 4 is 33.3 Å². The Morgan fingerprint density at radius 1 is 0.950 bits per heavy atom. The van der Waals surface area contributed by atoms with E-state index in [1.165, 1.54) is 5.39 Å². The number of pyridine rings is 1. The molecule has 96 valence electrons. The van der Waals surface area contributed by atoms with Gasteiger partial charge >= 0.3 is 0 Å². The van der Waals surface area contributed by atoms with Crippen molar-refractivity contribution in [2.45, 2.75) is 0 Å². The Morgan fingerprint density at radius 3 is 2.80 bits per heavy atom. The Kier molecular flexibility index (Phi) is 2.47. The minimum atomic E-state index is 0.669. The Bertz CT molecular complexity index is 922. The highest BCUT2D eigenvalue weighted by Gasteiger charge is 2.08. The van der Waals surface area contributed by atoms with Gasteiger partial charge in [0.05, 0.1) is 16.7 Å². The lowest BCUT2D eigenvalue weighted by Gasteiger charge is -2.07. The zero-order chi connectivity index (χ0) is 13.5. The fourth-order valence-corrected chi connectivity index (χ4v) is 2.79. The number of rotatable bonds is 1. The number of aromatic nitrogens is 3. The molecule has 0 saturated heterocycles. The average Bonchev–Trinajstić information content (AvgIpc) is 2.95. The molecule has 2 heterocycles. The second-order valence-electron chi connectivity index (χ2n) is 4.70. The zero-order valence-electron chi connectivity index (χ0n) is 10.5. The number of hydrogen-bond donors (Lipinski definition) is 1. The van der Waals surface area contributed by atoms with E-state index in [1.807, 2.05) is 30.6 Å². The highest BCUT2D eigenvalue weighted by atomic mass is 35.5. The number of H-pyrrole nitrogens is 1. The molecule has 0 aliphatic heterocycles. The molecule has 0 unspecified atom stereocenters.